The van der Waals surface area contributed by atoms with Crippen molar-refractivity contribution in [2.45, 2.75) is 58.0 Å². The first-order valence-corrected chi connectivity index (χ1v) is 8.56. The molecule has 2 aromatic heterocycles. The van der Waals surface area contributed by atoms with Crippen molar-refractivity contribution >= 4 is 11.8 Å². The molecule has 1 aliphatic carbocycles. The van der Waals surface area contributed by atoms with E-state index in [0.717, 1.165) is 23.4 Å². The van der Waals surface area contributed by atoms with Crippen LogP contribution in [0.15, 0.2) is 24.4 Å². The number of aryl methyl sites for hydroxylation is 1. The van der Waals surface area contributed by atoms with E-state index in [2.05, 4.69) is 25.6 Å². The lowest BCUT2D eigenvalue weighted by Crippen LogP contribution is -2.34. The summed E-state index contributed by atoms with van der Waals surface area (Å²) in [7, 11) is 0. The molecule has 25 heavy (non-hydrogen) atoms. The van der Waals surface area contributed by atoms with Gasteiger partial charge in [-0.1, -0.05) is 6.07 Å². The minimum absolute atomic E-state index is 0.0240. The van der Waals surface area contributed by atoms with Gasteiger partial charge in [0.1, 0.15) is 5.82 Å². The zero-order chi connectivity index (χ0) is 17.9. The van der Waals surface area contributed by atoms with E-state index in [4.69, 9.17) is 0 Å². The molecular formula is C18H23F2N5. The van der Waals surface area contributed by atoms with Crippen LogP contribution in [0.1, 0.15) is 42.6 Å². The van der Waals surface area contributed by atoms with Gasteiger partial charge < -0.3 is 10.6 Å². The van der Waals surface area contributed by atoms with Crippen LogP contribution in [0.2, 0.25) is 0 Å². The standard InChI is InChI=1S/C18H23F2N5/c1-12-13(2)23-17(22-11-15-6-3-4-9-21-15)25-16(12)24-14-7-5-8-18(19,20)10-14/h3-4,6,9,14H,5,7-8,10-11H2,1-2H3,(H2,22,23,24,25). The highest BCUT2D eigenvalue weighted by Crippen LogP contribution is 2.34. The first-order valence-electron chi connectivity index (χ1n) is 8.56. The van der Waals surface area contributed by atoms with Crippen molar-refractivity contribution in [3.05, 3.63) is 41.3 Å². The van der Waals surface area contributed by atoms with Crippen molar-refractivity contribution < 1.29 is 8.78 Å². The number of nitrogens with zero attached hydrogens (tertiary/aromatic N) is 3. The highest BCUT2D eigenvalue weighted by Gasteiger charge is 2.36. The number of hydrogen-bond acceptors (Lipinski definition) is 5. The number of pyridine rings is 1. The average Bonchev–Trinajstić information content (AvgIpc) is 2.57. The van der Waals surface area contributed by atoms with Gasteiger partial charge in [0.25, 0.3) is 0 Å². The molecule has 7 heteroatoms. The van der Waals surface area contributed by atoms with E-state index in [1.807, 2.05) is 32.0 Å². The lowest BCUT2D eigenvalue weighted by molar-refractivity contribution is -0.0373. The number of alkyl halides is 2. The molecule has 0 aliphatic heterocycles. The van der Waals surface area contributed by atoms with Gasteiger partial charge >= 0.3 is 0 Å². The first-order chi connectivity index (χ1) is 11.9. The molecule has 1 fully saturated rings. The molecule has 1 saturated carbocycles. The second-order valence-corrected chi connectivity index (χ2v) is 6.57. The van der Waals surface area contributed by atoms with E-state index >= 15 is 0 Å². The van der Waals surface area contributed by atoms with E-state index in [-0.39, 0.29) is 18.9 Å². The van der Waals surface area contributed by atoms with Crippen molar-refractivity contribution in [3.63, 3.8) is 0 Å². The summed E-state index contributed by atoms with van der Waals surface area (Å²) in [5, 5.41) is 6.35. The predicted molar refractivity (Wildman–Crippen MR) is 93.9 cm³/mol. The number of aromatic nitrogens is 3. The van der Waals surface area contributed by atoms with Gasteiger partial charge in [-0.05, 0) is 38.8 Å². The van der Waals surface area contributed by atoms with Gasteiger partial charge in [-0.3, -0.25) is 4.98 Å². The number of halogens is 2. The molecule has 1 unspecified atom stereocenters. The van der Waals surface area contributed by atoms with Crippen LogP contribution in [-0.2, 0) is 6.54 Å². The maximum Gasteiger partial charge on any atom is 0.250 e. The molecule has 0 amide bonds. The Balaban J connectivity index is 1.72. The number of anilines is 2. The quantitative estimate of drug-likeness (QED) is 0.853. The molecule has 0 aromatic carbocycles. The molecule has 3 rings (SSSR count). The summed E-state index contributed by atoms with van der Waals surface area (Å²) in [6.45, 7) is 4.30. The molecule has 0 radical (unpaired) electrons. The molecule has 0 bridgehead atoms. The molecular weight excluding hydrogens is 324 g/mol. The van der Waals surface area contributed by atoms with Crippen LogP contribution in [0.4, 0.5) is 20.5 Å². The van der Waals surface area contributed by atoms with Crippen molar-refractivity contribution in [1.82, 2.24) is 15.0 Å². The molecule has 2 heterocycles. The summed E-state index contributed by atoms with van der Waals surface area (Å²) < 4.78 is 27.3. The monoisotopic (exact) mass is 347 g/mol. The van der Waals surface area contributed by atoms with Crippen LogP contribution in [0.5, 0.6) is 0 Å². The molecule has 1 atom stereocenters. The average molecular weight is 347 g/mol. The first kappa shape index (κ1) is 17.5. The van der Waals surface area contributed by atoms with Gasteiger partial charge in [0.05, 0.1) is 12.2 Å². The summed E-state index contributed by atoms with van der Waals surface area (Å²) in [5.74, 6) is -1.50. The topological polar surface area (TPSA) is 62.7 Å². The van der Waals surface area contributed by atoms with E-state index in [0.29, 0.717) is 24.7 Å². The van der Waals surface area contributed by atoms with Gasteiger partial charge in [0, 0.05) is 36.3 Å². The summed E-state index contributed by atoms with van der Waals surface area (Å²) in [6, 6.07) is 5.43. The van der Waals surface area contributed by atoms with Gasteiger partial charge in [0.15, 0.2) is 0 Å². The lowest BCUT2D eigenvalue weighted by Gasteiger charge is -2.30. The van der Waals surface area contributed by atoms with E-state index in [1.54, 1.807) is 6.20 Å². The lowest BCUT2D eigenvalue weighted by atomic mass is 9.92. The fourth-order valence-electron chi connectivity index (χ4n) is 3.01. The molecule has 134 valence electrons. The van der Waals surface area contributed by atoms with Gasteiger partial charge in [-0.15, -0.1) is 0 Å². The van der Waals surface area contributed by atoms with Crippen LogP contribution in [0.3, 0.4) is 0 Å². The highest BCUT2D eigenvalue weighted by atomic mass is 19.3. The van der Waals surface area contributed by atoms with E-state index < -0.39 is 5.92 Å². The van der Waals surface area contributed by atoms with Gasteiger partial charge in [-0.2, -0.15) is 4.98 Å². The third-order valence-corrected chi connectivity index (χ3v) is 4.52. The SMILES string of the molecule is Cc1nc(NCc2ccccn2)nc(NC2CCCC(F)(F)C2)c1C. The third kappa shape index (κ3) is 4.61. The summed E-state index contributed by atoms with van der Waals surface area (Å²) in [6.07, 6.45) is 2.82. The van der Waals surface area contributed by atoms with Crippen molar-refractivity contribution in [3.8, 4) is 0 Å². The zero-order valence-electron chi connectivity index (χ0n) is 14.5. The van der Waals surface area contributed by atoms with E-state index in [9.17, 15) is 8.78 Å². The van der Waals surface area contributed by atoms with Crippen LogP contribution in [0.25, 0.3) is 0 Å². The second kappa shape index (κ2) is 7.29. The number of rotatable bonds is 5. The minimum Gasteiger partial charge on any atom is -0.367 e. The molecule has 0 spiro atoms. The Morgan fingerprint density at radius 2 is 2.08 bits per heavy atom. The molecule has 0 saturated heterocycles. The Kier molecular flexibility index (Phi) is 5.11. The van der Waals surface area contributed by atoms with Crippen LogP contribution < -0.4 is 10.6 Å². The summed E-state index contributed by atoms with van der Waals surface area (Å²) in [4.78, 5) is 13.2. The van der Waals surface area contributed by atoms with Crippen LogP contribution in [0, 0.1) is 13.8 Å². The smallest absolute Gasteiger partial charge is 0.250 e. The summed E-state index contributed by atoms with van der Waals surface area (Å²) >= 11 is 0. The minimum atomic E-state index is -2.59. The Morgan fingerprint density at radius 3 is 2.80 bits per heavy atom. The Hall–Kier alpha value is -2.31. The van der Waals surface area contributed by atoms with Gasteiger partial charge in [0.2, 0.25) is 11.9 Å². The number of nitrogens with one attached hydrogen (secondary N) is 2. The Labute approximate surface area is 146 Å². The van der Waals surface area contributed by atoms with Crippen molar-refractivity contribution in [2.75, 3.05) is 10.6 Å². The second-order valence-electron chi connectivity index (χ2n) is 6.57. The predicted octanol–water partition coefficient (Wildman–Crippen LogP) is 4.09. The maximum atomic E-state index is 13.6. The molecule has 2 N–H and O–H groups in total. The molecule has 1 aliphatic rings. The normalized spacial score (nSPS) is 19.4. The van der Waals surface area contributed by atoms with Gasteiger partial charge in [-0.25, -0.2) is 13.8 Å². The largest absolute Gasteiger partial charge is 0.367 e. The van der Waals surface area contributed by atoms with Crippen LogP contribution >= 0.6 is 0 Å². The number of hydrogen-bond donors (Lipinski definition) is 2. The fraction of sp³-hybridized carbons (Fsp3) is 0.500. The highest BCUT2D eigenvalue weighted by molar-refractivity contribution is 5.50. The fourth-order valence-corrected chi connectivity index (χ4v) is 3.01. The Bertz CT molecular complexity index is 721. The van der Waals surface area contributed by atoms with Crippen LogP contribution in [-0.4, -0.2) is 26.9 Å². The Morgan fingerprint density at radius 1 is 1.24 bits per heavy atom. The molecule has 2 aromatic rings. The van der Waals surface area contributed by atoms with Crippen molar-refractivity contribution in [1.29, 1.82) is 0 Å². The maximum absolute atomic E-state index is 13.6. The third-order valence-electron chi connectivity index (χ3n) is 4.52. The molecule has 5 nitrogen and oxygen atoms in total. The zero-order valence-corrected chi connectivity index (χ0v) is 14.5. The van der Waals surface area contributed by atoms with Crippen molar-refractivity contribution in [2.24, 2.45) is 0 Å². The van der Waals surface area contributed by atoms with E-state index in [1.165, 1.54) is 0 Å². The summed E-state index contributed by atoms with van der Waals surface area (Å²) in [5.41, 5.74) is 2.59.